The Morgan fingerprint density at radius 3 is 2.78 bits per heavy atom. The van der Waals surface area contributed by atoms with Crippen molar-refractivity contribution in [2.24, 2.45) is 0 Å². The molecule has 32 heavy (non-hydrogen) atoms. The van der Waals surface area contributed by atoms with E-state index in [1.54, 1.807) is 12.1 Å². The molecule has 2 heterocycles. The number of anilines is 1. The number of furan rings is 1. The molecule has 0 radical (unpaired) electrons. The molecule has 0 unspecified atom stereocenters. The number of allylic oxidation sites excluding steroid dienone is 1. The van der Waals surface area contributed by atoms with Gasteiger partial charge in [-0.1, -0.05) is 36.4 Å². The van der Waals surface area contributed by atoms with E-state index in [-0.39, 0.29) is 18.3 Å². The Bertz CT molecular complexity index is 1050. The summed E-state index contributed by atoms with van der Waals surface area (Å²) in [5.74, 6) is 1.34. The highest BCUT2D eigenvalue weighted by Crippen LogP contribution is 2.21. The number of para-hydroxylation sites is 1. The molecule has 0 saturated carbocycles. The molecule has 0 atom stereocenters. The monoisotopic (exact) mass is 432 g/mol. The van der Waals surface area contributed by atoms with Crippen LogP contribution in [0.4, 0.5) is 5.69 Å². The highest BCUT2D eigenvalue weighted by Gasteiger charge is 2.14. The number of benzene rings is 2. The Kier molecular flexibility index (Phi) is 7.38. The van der Waals surface area contributed by atoms with Gasteiger partial charge in [0.15, 0.2) is 5.76 Å². The lowest BCUT2D eigenvalue weighted by Gasteiger charge is -2.26. The second-order valence-electron chi connectivity index (χ2n) is 7.70. The Balaban J connectivity index is 1.34. The van der Waals surface area contributed by atoms with E-state index in [1.165, 1.54) is 0 Å². The van der Waals surface area contributed by atoms with Gasteiger partial charge < -0.3 is 19.2 Å². The predicted octanol–water partition coefficient (Wildman–Crippen LogP) is 4.67. The molecule has 2 aromatic carbocycles. The first-order valence-electron chi connectivity index (χ1n) is 10.8. The predicted molar refractivity (Wildman–Crippen MR) is 124 cm³/mol. The summed E-state index contributed by atoms with van der Waals surface area (Å²) in [6.07, 6.45) is 2.57. The van der Waals surface area contributed by atoms with Crippen molar-refractivity contribution in [2.75, 3.05) is 31.6 Å². The summed E-state index contributed by atoms with van der Waals surface area (Å²) in [5.41, 5.74) is 2.95. The number of hydrogen-bond donors (Lipinski definition) is 1. The van der Waals surface area contributed by atoms with E-state index in [1.807, 2.05) is 48.5 Å². The summed E-state index contributed by atoms with van der Waals surface area (Å²) in [4.78, 5) is 15.0. The van der Waals surface area contributed by atoms with Crippen molar-refractivity contribution in [3.8, 4) is 5.75 Å². The van der Waals surface area contributed by atoms with Crippen LogP contribution in [0.15, 0.2) is 77.7 Å². The number of hydrogen-bond acceptors (Lipinski definition) is 5. The highest BCUT2D eigenvalue weighted by molar-refractivity contribution is 6.02. The summed E-state index contributed by atoms with van der Waals surface area (Å²) in [6, 6.07) is 19.1. The molecule has 1 amide bonds. The number of morpholine rings is 1. The van der Waals surface area contributed by atoms with Gasteiger partial charge in [0, 0.05) is 25.3 Å². The van der Waals surface area contributed by atoms with Crippen molar-refractivity contribution < 1.29 is 18.7 Å². The molecule has 1 saturated heterocycles. The minimum atomic E-state index is -0.285. The molecule has 0 aliphatic carbocycles. The number of carbonyl (C=O) groups excluding carboxylic acids is 1. The lowest BCUT2D eigenvalue weighted by Crippen LogP contribution is -2.35. The molecule has 1 fully saturated rings. The van der Waals surface area contributed by atoms with Crippen LogP contribution in [0.25, 0.3) is 0 Å². The van der Waals surface area contributed by atoms with Crippen molar-refractivity contribution in [1.29, 1.82) is 0 Å². The average Bonchev–Trinajstić information content (AvgIpc) is 3.29. The van der Waals surface area contributed by atoms with Crippen LogP contribution >= 0.6 is 0 Å². The number of ether oxygens (including phenoxy) is 2. The molecule has 6 nitrogen and oxygen atoms in total. The van der Waals surface area contributed by atoms with Gasteiger partial charge in [0.1, 0.15) is 18.1 Å². The van der Waals surface area contributed by atoms with Crippen LogP contribution in [0.1, 0.15) is 27.4 Å². The van der Waals surface area contributed by atoms with Crippen LogP contribution in [0.5, 0.6) is 5.75 Å². The number of rotatable bonds is 9. The first-order chi connectivity index (χ1) is 15.7. The van der Waals surface area contributed by atoms with Gasteiger partial charge in [-0.05, 0) is 47.9 Å². The first kappa shape index (κ1) is 21.9. The van der Waals surface area contributed by atoms with Crippen LogP contribution in [-0.4, -0.2) is 37.1 Å². The molecular formula is C26H28N2O4. The Morgan fingerprint density at radius 2 is 1.94 bits per heavy atom. The van der Waals surface area contributed by atoms with Gasteiger partial charge in [-0.2, -0.15) is 0 Å². The fraction of sp³-hybridized carbons (Fsp3) is 0.269. The zero-order chi connectivity index (χ0) is 22.2. The maximum absolute atomic E-state index is 12.7. The summed E-state index contributed by atoms with van der Waals surface area (Å²) in [7, 11) is 0. The highest BCUT2D eigenvalue weighted by atomic mass is 16.5. The van der Waals surface area contributed by atoms with Crippen molar-refractivity contribution in [2.45, 2.75) is 19.6 Å². The van der Waals surface area contributed by atoms with Crippen molar-refractivity contribution >= 4 is 11.6 Å². The third-order valence-corrected chi connectivity index (χ3v) is 5.29. The molecule has 3 aromatic rings. The molecule has 166 valence electrons. The first-order valence-corrected chi connectivity index (χ1v) is 10.8. The minimum Gasteiger partial charge on any atom is -0.485 e. The minimum absolute atomic E-state index is 0.246. The quantitative estimate of drug-likeness (QED) is 0.498. The van der Waals surface area contributed by atoms with Gasteiger partial charge in [0.2, 0.25) is 0 Å². The van der Waals surface area contributed by atoms with E-state index in [0.29, 0.717) is 5.76 Å². The van der Waals surface area contributed by atoms with Gasteiger partial charge in [-0.25, -0.2) is 0 Å². The second-order valence-corrected chi connectivity index (χ2v) is 7.70. The fourth-order valence-electron chi connectivity index (χ4n) is 3.65. The summed E-state index contributed by atoms with van der Waals surface area (Å²) >= 11 is 0. The third-order valence-electron chi connectivity index (χ3n) is 5.29. The maximum atomic E-state index is 12.7. The van der Waals surface area contributed by atoms with Crippen LogP contribution < -0.4 is 10.1 Å². The smallest absolute Gasteiger partial charge is 0.291 e. The maximum Gasteiger partial charge on any atom is 0.291 e. The van der Waals surface area contributed by atoms with Crippen molar-refractivity contribution in [3.05, 3.63) is 96.0 Å². The van der Waals surface area contributed by atoms with Gasteiger partial charge in [0.25, 0.3) is 5.91 Å². The third kappa shape index (κ3) is 5.87. The van der Waals surface area contributed by atoms with Gasteiger partial charge >= 0.3 is 0 Å². The normalized spacial score (nSPS) is 14.1. The number of carbonyl (C=O) groups is 1. The van der Waals surface area contributed by atoms with E-state index in [9.17, 15) is 4.79 Å². The van der Waals surface area contributed by atoms with E-state index >= 15 is 0 Å². The van der Waals surface area contributed by atoms with E-state index < -0.39 is 0 Å². The number of nitrogens with zero attached hydrogens (tertiary/aromatic N) is 1. The Hall–Kier alpha value is -3.35. The Morgan fingerprint density at radius 1 is 1.09 bits per heavy atom. The number of nitrogens with one attached hydrogen (secondary N) is 1. The molecular weight excluding hydrogens is 404 g/mol. The summed E-state index contributed by atoms with van der Waals surface area (Å²) in [5, 5.41) is 2.92. The lowest BCUT2D eigenvalue weighted by molar-refractivity contribution is 0.0342. The summed E-state index contributed by atoms with van der Waals surface area (Å²) in [6.45, 7) is 8.24. The molecule has 4 rings (SSSR count). The van der Waals surface area contributed by atoms with E-state index in [4.69, 9.17) is 13.9 Å². The van der Waals surface area contributed by atoms with E-state index in [0.717, 1.165) is 61.8 Å². The molecule has 6 heteroatoms. The SMILES string of the molecule is C=CCc1ccccc1OCc1ccc(C(=O)Nc2cccc(CN3CCOCC3)c2)o1. The molecule has 1 aliphatic rings. The van der Waals surface area contributed by atoms with Crippen molar-refractivity contribution in [1.82, 2.24) is 4.90 Å². The molecule has 0 bridgehead atoms. The number of amides is 1. The van der Waals surface area contributed by atoms with Gasteiger partial charge in [0.05, 0.1) is 13.2 Å². The molecule has 1 N–H and O–H groups in total. The van der Waals surface area contributed by atoms with Gasteiger partial charge in [-0.3, -0.25) is 9.69 Å². The van der Waals surface area contributed by atoms with Crippen LogP contribution in [0, 0.1) is 0 Å². The fourth-order valence-corrected chi connectivity index (χ4v) is 3.65. The average molecular weight is 433 g/mol. The van der Waals surface area contributed by atoms with Crippen LogP contribution in [0.2, 0.25) is 0 Å². The van der Waals surface area contributed by atoms with Crippen LogP contribution in [0.3, 0.4) is 0 Å². The molecule has 1 aliphatic heterocycles. The zero-order valence-electron chi connectivity index (χ0n) is 18.1. The second kappa shape index (κ2) is 10.8. The molecule has 0 spiro atoms. The Labute approximate surface area is 188 Å². The van der Waals surface area contributed by atoms with Gasteiger partial charge in [-0.15, -0.1) is 6.58 Å². The standard InChI is InChI=1S/C26H28N2O4/c1-2-6-21-8-3-4-10-24(21)31-19-23-11-12-25(32-23)26(29)27-22-9-5-7-20(17-22)18-28-13-15-30-16-14-28/h2-5,7-12,17H,1,6,13-16,18-19H2,(H,27,29). The van der Waals surface area contributed by atoms with E-state index in [2.05, 4.69) is 22.9 Å². The topological polar surface area (TPSA) is 63.9 Å². The van der Waals surface area contributed by atoms with Crippen LogP contribution in [-0.2, 0) is 24.3 Å². The molecule has 1 aromatic heterocycles. The zero-order valence-corrected chi connectivity index (χ0v) is 18.1. The lowest BCUT2D eigenvalue weighted by atomic mass is 10.1. The van der Waals surface area contributed by atoms with Crippen molar-refractivity contribution in [3.63, 3.8) is 0 Å². The largest absolute Gasteiger partial charge is 0.485 e. The summed E-state index contributed by atoms with van der Waals surface area (Å²) < 4.78 is 17.0.